The molecule has 1 atom stereocenters. The number of ether oxygens (including phenoxy) is 1. The maximum absolute atomic E-state index is 12.2. The van der Waals surface area contributed by atoms with E-state index in [4.69, 9.17) is 4.74 Å². The normalized spacial score (nSPS) is 29.5. The molecule has 5 nitrogen and oxygen atoms in total. The van der Waals surface area contributed by atoms with Crippen LogP contribution in [-0.2, 0) is 14.3 Å². The molecule has 0 aromatic heterocycles. The third-order valence-corrected chi connectivity index (χ3v) is 4.88. The highest BCUT2D eigenvalue weighted by molar-refractivity contribution is 5.85. The van der Waals surface area contributed by atoms with Gasteiger partial charge >= 0.3 is 5.97 Å². The first-order chi connectivity index (χ1) is 9.29. The Hall–Kier alpha value is -1.10. The molecule has 5 heteroatoms. The zero-order valence-corrected chi connectivity index (χ0v) is 13.0. The first kappa shape index (κ1) is 17.0. The van der Waals surface area contributed by atoms with Gasteiger partial charge in [-0.2, -0.15) is 0 Å². The Bertz CT molecular complexity index is 355. The van der Waals surface area contributed by atoms with E-state index in [0.717, 1.165) is 12.8 Å². The van der Waals surface area contributed by atoms with E-state index in [2.05, 4.69) is 12.2 Å². The van der Waals surface area contributed by atoms with Crippen molar-refractivity contribution in [2.45, 2.75) is 58.5 Å². The number of hydrogen-bond acceptors (Lipinski definition) is 3. The van der Waals surface area contributed by atoms with E-state index in [1.165, 1.54) is 7.11 Å². The second-order valence-electron chi connectivity index (χ2n) is 6.24. The highest BCUT2D eigenvalue weighted by Gasteiger charge is 2.42. The summed E-state index contributed by atoms with van der Waals surface area (Å²) in [7, 11) is 1.50. The van der Waals surface area contributed by atoms with Crippen molar-refractivity contribution in [2.24, 2.45) is 11.3 Å². The van der Waals surface area contributed by atoms with Gasteiger partial charge in [-0.3, -0.25) is 9.59 Å². The number of methoxy groups -OCH3 is 1. The fraction of sp³-hybridized carbons (Fsp3) is 0.867. The first-order valence-corrected chi connectivity index (χ1v) is 7.36. The molecule has 1 aliphatic rings. The smallest absolute Gasteiger partial charge is 0.311 e. The highest BCUT2D eigenvalue weighted by atomic mass is 16.5. The lowest BCUT2D eigenvalue weighted by Gasteiger charge is -2.37. The number of aliphatic carboxylic acids is 1. The minimum Gasteiger partial charge on any atom is -0.481 e. The van der Waals surface area contributed by atoms with Crippen LogP contribution in [0.4, 0.5) is 0 Å². The zero-order valence-electron chi connectivity index (χ0n) is 13.0. The molecule has 1 saturated carbocycles. The van der Waals surface area contributed by atoms with Crippen LogP contribution in [0.3, 0.4) is 0 Å². The molecule has 2 N–H and O–H groups in total. The molecule has 0 aromatic rings. The van der Waals surface area contributed by atoms with Gasteiger partial charge in [0.15, 0.2) is 0 Å². The summed E-state index contributed by atoms with van der Waals surface area (Å²) >= 11 is 0. The fourth-order valence-electron chi connectivity index (χ4n) is 2.62. The molecule has 0 saturated heterocycles. The topological polar surface area (TPSA) is 75.6 Å². The summed E-state index contributed by atoms with van der Waals surface area (Å²) < 4.78 is 5.24. The summed E-state index contributed by atoms with van der Waals surface area (Å²) in [4.78, 5) is 23.8. The summed E-state index contributed by atoms with van der Waals surface area (Å²) in [6, 6.07) is 0. The third kappa shape index (κ3) is 3.51. The van der Waals surface area contributed by atoms with Crippen molar-refractivity contribution in [1.82, 2.24) is 5.32 Å². The van der Waals surface area contributed by atoms with Gasteiger partial charge in [-0.25, -0.2) is 0 Å². The number of rotatable bonds is 6. The fourth-order valence-corrected chi connectivity index (χ4v) is 2.62. The van der Waals surface area contributed by atoms with Crippen LogP contribution >= 0.6 is 0 Å². The van der Waals surface area contributed by atoms with E-state index in [0.29, 0.717) is 25.2 Å². The van der Waals surface area contributed by atoms with Crippen LogP contribution in [0.2, 0.25) is 0 Å². The van der Waals surface area contributed by atoms with Gasteiger partial charge in [-0.15, -0.1) is 0 Å². The summed E-state index contributed by atoms with van der Waals surface area (Å²) in [6.07, 6.45) is 3.60. The van der Waals surface area contributed by atoms with Gasteiger partial charge in [-0.05, 0) is 44.9 Å². The molecule has 0 spiro atoms. The van der Waals surface area contributed by atoms with E-state index in [-0.39, 0.29) is 12.5 Å². The summed E-state index contributed by atoms with van der Waals surface area (Å²) in [5.74, 6) is -0.472. The summed E-state index contributed by atoms with van der Waals surface area (Å²) in [5.41, 5.74) is -1.70. The minimum absolute atomic E-state index is 0.187. The molecule has 1 aliphatic carbocycles. The van der Waals surface area contributed by atoms with Gasteiger partial charge in [0.25, 0.3) is 5.91 Å². The lowest BCUT2D eigenvalue weighted by atomic mass is 9.70. The maximum atomic E-state index is 12.2. The number of carbonyl (C=O) groups excluding carboxylic acids is 1. The van der Waals surface area contributed by atoms with E-state index >= 15 is 0 Å². The van der Waals surface area contributed by atoms with Gasteiger partial charge in [0, 0.05) is 13.7 Å². The lowest BCUT2D eigenvalue weighted by Crippen LogP contribution is -2.51. The minimum atomic E-state index is -0.887. The quantitative estimate of drug-likeness (QED) is 0.784. The summed E-state index contributed by atoms with van der Waals surface area (Å²) in [5, 5.41) is 12.3. The van der Waals surface area contributed by atoms with Crippen LogP contribution in [0.25, 0.3) is 0 Å². The standard InChI is InChI=1S/C15H27NO4/c1-5-14(3,20-4)12(17)16-10-15(13(18)19)8-6-11(2)7-9-15/h11H,5-10H2,1-4H3,(H,16,17)(H,18,19). The third-order valence-electron chi connectivity index (χ3n) is 4.88. The average Bonchev–Trinajstić information content (AvgIpc) is 2.45. The number of hydrogen-bond donors (Lipinski definition) is 2. The molecule has 20 heavy (non-hydrogen) atoms. The Morgan fingerprint density at radius 3 is 2.35 bits per heavy atom. The summed E-state index contributed by atoms with van der Waals surface area (Å²) in [6.45, 7) is 5.92. The Balaban J connectivity index is 2.69. The molecular weight excluding hydrogens is 258 g/mol. The molecule has 1 unspecified atom stereocenters. The maximum Gasteiger partial charge on any atom is 0.311 e. The molecule has 116 valence electrons. The molecule has 0 aromatic carbocycles. The number of carbonyl (C=O) groups is 2. The van der Waals surface area contributed by atoms with Crippen LogP contribution in [-0.4, -0.2) is 36.2 Å². The van der Waals surface area contributed by atoms with Crippen LogP contribution in [0.1, 0.15) is 52.9 Å². The monoisotopic (exact) mass is 285 g/mol. The SMILES string of the molecule is CCC(C)(OC)C(=O)NCC1(C(=O)O)CCC(C)CC1. The molecule has 0 bridgehead atoms. The molecular formula is C15H27NO4. The predicted molar refractivity (Wildman–Crippen MR) is 76.4 cm³/mol. The van der Waals surface area contributed by atoms with Gasteiger partial charge in [-0.1, -0.05) is 13.8 Å². The van der Waals surface area contributed by atoms with Crippen molar-refractivity contribution in [1.29, 1.82) is 0 Å². The highest BCUT2D eigenvalue weighted by Crippen LogP contribution is 2.38. The van der Waals surface area contributed by atoms with Gasteiger partial charge < -0.3 is 15.2 Å². The van der Waals surface area contributed by atoms with Crippen LogP contribution in [0.5, 0.6) is 0 Å². The Kier molecular flexibility index (Phi) is 5.57. The Morgan fingerprint density at radius 1 is 1.40 bits per heavy atom. The molecule has 0 aliphatic heterocycles. The van der Waals surface area contributed by atoms with Gasteiger partial charge in [0.05, 0.1) is 5.41 Å². The number of carboxylic acid groups (broad SMARTS) is 1. The van der Waals surface area contributed by atoms with Crippen LogP contribution in [0.15, 0.2) is 0 Å². The van der Waals surface area contributed by atoms with Crippen molar-refractivity contribution in [3.05, 3.63) is 0 Å². The molecule has 1 amide bonds. The molecule has 1 fully saturated rings. The Morgan fingerprint density at radius 2 is 1.95 bits per heavy atom. The molecule has 1 rings (SSSR count). The van der Waals surface area contributed by atoms with Crippen molar-refractivity contribution in [2.75, 3.05) is 13.7 Å². The van der Waals surface area contributed by atoms with Gasteiger partial charge in [0.1, 0.15) is 5.60 Å². The van der Waals surface area contributed by atoms with Crippen molar-refractivity contribution >= 4 is 11.9 Å². The van der Waals surface area contributed by atoms with Crippen LogP contribution in [0, 0.1) is 11.3 Å². The van der Waals surface area contributed by atoms with Crippen molar-refractivity contribution in [3.63, 3.8) is 0 Å². The number of carboxylic acids is 1. The number of amides is 1. The van der Waals surface area contributed by atoms with E-state index < -0.39 is 17.0 Å². The predicted octanol–water partition coefficient (Wildman–Crippen LogP) is 2.20. The van der Waals surface area contributed by atoms with Crippen molar-refractivity contribution < 1.29 is 19.4 Å². The largest absolute Gasteiger partial charge is 0.481 e. The lowest BCUT2D eigenvalue weighted by molar-refractivity contribution is -0.152. The first-order valence-electron chi connectivity index (χ1n) is 7.36. The van der Waals surface area contributed by atoms with E-state index in [1.807, 2.05) is 6.92 Å². The van der Waals surface area contributed by atoms with E-state index in [1.54, 1.807) is 6.92 Å². The van der Waals surface area contributed by atoms with E-state index in [9.17, 15) is 14.7 Å². The average molecular weight is 285 g/mol. The number of nitrogens with one attached hydrogen (secondary N) is 1. The van der Waals surface area contributed by atoms with Crippen molar-refractivity contribution in [3.8, 4) is 0 Å². The van der Waals surface area contributed by atoms with Gasteiger partial charge in [0.2, 0.25) is 0 Å². The molecule has 0 heterocycles. The Labute approximate surface area is 121 Å². The second kappa shape index (κ2) is 6.57. The zero-order chi connectivity index (χ0) is 15.4. The second-order valence-corrected chi connectivity index (χ2v) is 6.24. The molecule has 0 radical (unpaired) electrons. The van der Waals surface area contributed by atoms with Crippen LogP contribution < -0.4 is 5.32 Å².